The Hall–Kier alpha value is -1.69. The number of carbonyl (C=O) groups excluding carboxylic acids is 1. The van der Waals surface area contributed by atoms with Gasteiger partial charge in [-0.1, -0.05) is 12.2 Å². The van der Waals surface area contributed by atoms with Gasteiger partial charge in [-0.15, -0.1) is 0 Å². The maximum absolute atomic E-state index is 12.1. The molecule has 20 heavy (non-hydrogen) atoms. The number of thiocarbonyl (C=S) groups is 1. The van der Waals surface area contributed by atoms with Gasteiger partial charge in [0.1, 0.15) is 16.3 Å². The molecule has 0 atom stereocenters. The number of hydrogen-bond acceptors (Lipinski definition) is 4. The second-order valence-electron chi connectivity index (χ2n) is 5.61. The van der Waals surface area contributed by atoms with Crippen LogP contribution in [-0.4, -0.2) is 34.5 Å². The highest BCUT2D eigenvalue weighted by atomic mass is 32.1. The lowest BCUT2D eigenvalue weighted by atomic mass is 9.97. The van der Waals surface area contributed by atoms with Crippen molar-refractivity contribution in [3.8, 4) is 0 Å². The largest absolute Gasteiger partial charge is 0.389 e. The molecule has 108 valence electrons. The van der Waals surface area contributed by atoms with E-state index >= 15 is 0 Å². The second kappa shape index (κ2) is 5.01. The molecular weight excluding hydrogens is 272 g/mol. The zero-order valence-electron chi connectivity index (χ0n) is 12.3. The van der Waals surface area contributed by atoms with Crippen LogP contribution < -0.4 is 16.0 Å². The van der Waals surface area contributed by atoms with Crippen LogP contribution in [0.25, 0.3) is 0 Å². The minimum absolute atomic E-state index is 0.0152. The molecule has 1 fully saturated rings. The Kier molecular flexibility index (Phi) is 3.69. The molecule has 1 aromatic rings. The molecule has 0 unspecified atom stereocenters. The van der Waals surface area contributed by atoms with Gasteiger partial charge in [0.25, 0.3) is 0 Å². The van der Waals surface area contributed by atoms with Gasteiger partial charge in [-0.25, -0.2) is 4.98 Å². The topological polar surface area (TPSA) is 71.2 Å². The average molecular weight is 292 g/mol. The SMILES string of the molecule is Cc1cc(C)c(C(N)=S)c(N2CCNC(=O)C2(C)C)n1. The second-order valence-corrected chi connectivity index (χ2v) is 6.05. The Labute approximate surface area is 124 Å². The van der Waals surface area contributed by atoms with Crippen LogP contribution in [0.5, 0.6) is 0 Å². The third-order valence-corrected chi connectivity index (χ3v) is 3.88. The van der Waals surface area contributed by atoms with Crippen molar-refractivity contribution in [2.24, 2.45) is 5.73 Å². The van der Waals surface area contributed by atoms with Crippen molar-refractivity contribution in [3.63, 3.8) is 0 Å². The summed E-state index contributed by atoms with van der Waals surface area (Å²) in [5.74, 6) is 0.688. The summed E-state index contributed by atoms with van der Waals surface area (Å²) in [5.41, 5.74) is 7.82. The number of pyridine rings is 1. The third-order valence-electron chi connectivity index (χ3n) is 3.68. The normalized spacial score (nSPS) is 17.8. The lowest BCUT2D eigenvalue weighted by Crippen LogP contribution is -2.62. The van der Waals surface area contributed by atoms with Crippen LogP contribution in [0.15, 0.2) is 6.07 Å². The van der Waals surface area contributed by atoms with Crippen LogP contribution in [0.1, 0.15) is 30.7 Å². The van der Waals surface area contributed by atoms with Gasteiger partial charge in [-0.05, 0) is 39.3 Å². The minimum Gasteiger partial charge on any atom is -0.389 e. The zero-order chi connectivity index (χ0) is 15.1. The molecule has 0 bridgehead atoms. The van der Waals surface area contributed by atoms with Gasteiger partial charge in [0.2, 0.25) is 5.91 Å². The number of carbonyl (C=O) groups is 1. The van der Waals surface area contributed by atoms with E-state index in [1.165, 1.54) is 0 Å². The summed E-state index contributed by atoms with van der Waals surface area (Å²) in [6, 6.07) is 1.95. The number of nitrogens with zero attached hydrogens (tertiary/aromatic N) is 2. The fraction of sp³-hybridized carbons (Fsp3) is 0.500. The molecule has 1 saturated heterocycles. The number of nitrogens with two attached hydrogens (primary N) is 1. The summed E-state index contributed by atoms with van der Waals surface area (Å²) >= 11 is 5.16. The Morgan fingerprint density at radius 1 is 1.50 bits per heavy atom. The van der Waals surface area contributed by atoms with Crippen molar-refractivity contribution in [3.05, 3.63) is 22.9 Å². The number of amides is 1. The Bertz CT molecular complexity index is 583. The fourth-order valence-corrected chi connectivity index (χ4v) is 2.84. The smallest absolute Gasteiger partial charge is 0.245 e. The van der Waals surface area contributed by atoms with Crippen LogP contribution in [0, 0.1) is 13.8 Å². The molecule has 1 aromatic heterocycles. The molecule has 0 spiro atoms. The predicted molar refractivity (Wildman–Crippen MR) is 84.0 cm³/mol. The third kappa shape index (κ3) is 2.35. The van der Waals surface area contributed by atoms with E-state index in [1.54, 1.807) is 0 Å². The van der Waals surface area contributed by atoms with Crippen LogP contribution in [0.4, 0.5) is 5.82 Å². The maximum atomic E-state index is 12.1. The summed E-state index contributed by atoms with van der Waals surface area (Å²) in [5, 5.41) is 2.88. The molecule has 1 aliphatic rings. The van der Waals surface area contributed by atoms with Crippen LogP contribution in [-0.2, 0) is 4.79 Å². The van der Waals surface area contributed by atoms with E-state index in [9.17, 15) is 4.79 Å². The van der Waals surface area contributed by atoms with Crippen molar-refractivity contribution >= 4 is 28.9 Å². The van der Waals surface area contributed by atoms with Gasteiger partial charge in [0.15, 0.2) is 0 Å². The highest BCUT2D eigenvalue weighted by Crippen LogP contribution is 2.29. The number of aromatic nitrogens is 1. The monoisotopic (exact) mass is 292 g/mol. The predicted octanol–water partition coefficient (Wildman–Crippen LogP) is 1.05. The first-order chi connectivity index (χ1) is 9.25. The van der Waals surface area contributed by atoms with E-state index in [-0.39, 0.29) is 5.91 Å². The molecule has 2 rings (SSSR count). The molecule has 5 nitrogen and oxygen atoms in total. The number of anilines is 1. The Morgan fingerprint density at radius 3 is 2.75 bits per heavy atom. The number of hydrogen-bond donors (Lipinski definition) is 2. The molecule has 0 aromatic carbocycles. The average Bonchev–Trinajstić information content (AvgIpc) is 2.30. The minimum atomic E-state index is -0.676. The first kappa shape index (κ1) is 14.7. The van der Waals surface area contributed by atoms with E-state index in [0.29, 0.717) is 23.9 Å². The van der Waals surface area contributed by atoms with Crippen LogP contribution in [0.2, 0.25) is 0 Å². The van der Waals surface area contributed by atoms with Crippen molar-refractivity contribution in [2.45, 2.75) is 33.2 Å². The standard InChI is InChI=1S/C14H20N4OS/c1-8-7-9(2)17-12(10(8)11(15)20)18-6-5-16-13(19)14(18,3)4/h7H,5-6H2,1-4H3,(H2,15,20)(H,16,19). The molecule has 3 N–H and O–H groups in total. The van der Waals surface area contributed by atoms with Crippen LogP contribution in [0.3, 0.4) is 0 Å². The summed E-state index contributed by atoms with van der Waals surface area (Å²) in [7, 11) is 0. The quantitative estimate of drug-likeness (QED) is 0.797. The number of aryl methyl sites for hydroxylation is 2. The van der Waals surface area contributed by atoms with Gasteiger partial charge in [-0.3, -0.25) is 4.79 Å². The number of piperazine rings is 1. The highest BCUT2D eigenvalue weighted by molar-refractivity contribution is 7.80. The lowest BCUT2D eigenvalue weighted by Gasteiger charge is -2.43. The van der Waals surface area contributed by atoms with Crippen molar-refractivity contribution in [2.75, 3.05) is 18.0 Å². The summed E-state index contributed by atoms with van der Waals surface area (Å²) in [6.07, 6.45) is 0. The van der Waals surface area contributed by atoms with E-state index in [4.69, 9.17) is 18.0 Å². The van der Waals surface area contributed by atoms with Crippen molar-refractivity contribution in [1.29, 1.82) is 0 Å². The van der Waals surface area contributed by atoms with Gasteiger partial charge in [0, 0.05) is 18.8 Å². The van der Waals surface area contributed by atoms with E-state index in [0.717, 1.165) is 16.8 Å². The van der Waals surface area contributed by atoms with Gasteiger partial charge < -0.3 is 16.0 Å². The lowest BCUT2D eigenvalue weighted by molar-refractivity contribution is -0.126. The zero-order valence-corrected chi connectivity index (χ0v) is 13.1. The van der Waals surface area contributed by atoms with Gasteiger partial charge in [-0.2, -0.15) is 0 Å². The summed E-state index contributed by atoms with van der Waals surface area (Å²) < 4.78 is 0. The van der Waals surface area contributed by atoms with Crippen molar-refractivity contribution < 1.29 is 4.79 Å². The molecule has 0 saturated carbocycles. The molecule has 6 heteroatoms. The Balaban J connectivity index is 2.62. The maximum Gasteiger partial charge on any atom is 0.245 e. The number of nitrogens with one attached hydrogen (secondary N) is 1. The van der Waals surface area contributed by atoms with Gasteiger partial charge >= 0.3 is 0 Å². The van der Waals surface area contributed by atoms with Gasteiger partial charge in [0.05, 0.1) is 5.56 Å². The number of rotatable bonds is 2. The highest BCUT2D eigenvalue weighted by Gasteiger charge is 2.39. The summed E-state index contributed by atoms with van der Waals surface area (Å²) in [4.78, 5) is 19.0. The van der Waals surface area contributed by atoms with E-state index in [2.05, 4.69) is 10.3 Å². The first-order valence-electron chi connectivity index (χ1n) is 6.59. The molecule has 2 heterocycles. The van der Waals surface area contributed by atoms with Crippen molar-refractivity contribution in [1.82, 2.24) is 10.3 Å². The molecule has 1 amide bonds. The molecule has 0 aliphatic carbocycles. The molecule has 1 aliphatic heterocycles. The van der Waals surface area contributed by atoms with E-state index < -0.39 is 5.54 Å². The fourth-order valence-electron chi connectivity index (χ4n) is 2.59. The molecular formula is C14H20N4OS. The molecule has 0 radical (unpaired) electrons. The summed E-state index contributed by atoms with van der Waals surface area (Å²) in [6.45, 7) is 8.92. The van der Waals surface area contributed by atoms with E-state index in [1.807, 2.05) is 38.7 Å². The van der Waals surface area contributed by atoms with Crippen LogP contribution >= 0.6 is 12.2 Å². The first-order valence-corrected chi connectivity index (χ1v) is 7.00. The Morgan fingerprint density at radius 2 is 2.15 bits per heavy atom.